The monoisotopic (exact) mass is 558 g/mol. The molecule has 1 aromatic heterocycles. The molecule has 3 N–H and O–H groups in total. The molecule has 41 heavy (non-hydrogen) atoms. The Balaban J connectivity index is 1.32. The van der Waals surface area contributed by atoms with Crippen LogP contribution in [-0.4, -0.2) is 53.5 Å². The highest BCUT2D eigenvalue weighted by Gasteiger charge is 2.38. The molecule has 0 saturated carbocycles. The van der Waals surface area contributed by atoms with Crippen molar-refractivity contribution in [2.24, 2.45) is 5.92 Å². The zero-order valence-electron chi connectivity index (χ0n) is 22.9. The minimum Gasteiger partial charge on any atom is -0.459 e. The van der Waals surface area contributed by atoms with Crippen LogP contribution < -0.4 is 10.6 Å². The van der Waals surface area contributed by atoms with Gasteiger partial charge in [0.15, 0.2) is 5.76 Å². The molecule has 2 heterocycles. The van der Waals surface area contributed by atoms with Gasteiger partial charge in [-0.2, -0.15) is 0 Å². The smallest absolute Gasteiger partial charge is 0.287 e. The number of anilines is 1. The zero-order chi connectivity index (χ0) is 28.8. The van der Waals surface area contributed by atoms with E-state index >= 15 is 0 Å². The van der Waals surface area contributed by atoms with Crippen molar-refractivity contribution in [1.82, 2.24) is 10.3 Å². The predicted molar refractivity (Wildman–Crippen MR) is 154 cm³/mol. The SMILES string of the molecule is CCOC1OC(C(=O)NCCNc2ccc([N+](=O)[O-])cn2)=C[C@H](c2ccc3c(c2)Cc2ccccc2-3)C1CCCO. The molecule has 0 radical (unpaired) electrons. The van der Waals surface area contributed by atoms with Crippen molar-refractivity contribution in [3.63, 3.8) is 0 Å². The minimum atomic E-state index is -0.629. The molecular weight excluding hydrogens is 524 g/mol. The third kappa shape index (κ3) is 6.39. The number of allylic oxidation sites excluding steroid dienone is 1. The molecule has 10 nitrogen and oxygen atoms in total. The summed E-state index contributed by atoms with van der Waals surface area (Å²) in [4.78, 5) is 27.5. The third-order valence-corrected chi connectivity index (χ3v) is 7.51. The number of amides is 1. The number of ether oxygens (including phenoxy) is 2. The topological polar surface area (TPSA) is 136 Å². The lowest BCUT2D eigenvalue weighted by Gasteiger charge is -2.37. The number of hydrogen-bond donors (Lipinski definition) is 3. The van der Waals surface area contributed by atoms with E-state index in [9.17, 15) is 20.0 Å². The van der Waals surface area contributed by atoms with E-state index < -0.39 is 11.2 Å². The molecule has 2 unspecified atom stereocenters. The fourth-order valence-corrected chi connectivity index (χ4v) is 5.57. The number of nitro groups is 1. The first-order valence-corrected chi connectivity index (χ1v) is 13.9. The van der Waals surface area contributed by atoms with Gasteiger partial charge in [-0.05, 0) is 66.1 Å². The highest BCUT2D eigenvalue weighted by molar-refractivity contribution is 5.91. The van der Waals surface area contributed by atoms with E-state index in [4.69, 9.17) is 9.47 Å². The van der Waals surface area contributed by atoms with Gasteiger partial charge in [-0.1, -0.05) is 42.5 Å². The summed E-state index contributed by atoms with van der Waals surface area (Å²) >= 11 is 0. The summed E-state index contributed by atoms with van der Waals surface area (Å²) in [7, 11) is 0. The van der Waals surface area contributed by atoms with Crippen LogP contribution in [0.1, 0.15) is 42.4 Å². The van der Waals surface area contributed by atoms with Gasteiger partial charge < -0.3 is 25.2 Å². The largest absolute Gasteiger partial charge is 0.459 e. The first kappa shape index (κ1) is 28.3. The average molecular weight is 559 g/mol. The second-order valence-corrected chi connectivity index (χ2v) is 10.1. The molecule has 3 aromatic rings. The molecule has 1 aliphatic heterocycles. The summed E-state index contributed by atoms with van der Waals surface area (Å²) in [6.07, 6.45) is 4.58. The van der Waals surface area contributed by atoms with Crippen LogP contribution >= 0.6 is 0 Å². The Hall–Kier alpha value is -4.28. The Kier molecular flexibility index (Phi) is 8.91. The molecule has 1 aliphatic carbocycles. The number of aromatic nitrogens is 1. The summed E-state index contributed by atoms with van der Waals surface area (Å²) in [6.45, 7) is 3.03. The maximum Gasteiger partial charge on any atom is 0.287 e. The molecule has 1 amide bonds. The molecule has 10 heteroatoms. The molecule has 0 bridgehead atoms. The summed E-state index contributed by atoms with van der Waals surface area (Å²) in [5.74, 6) is 0.109. The maximum absolute atomic E-state index is 13.2. The van der Waals surface area contributed by atoms with Crippen LogP contribution in [0.3, 0.4) is 0 Å². The van der Waals surface area contributed by atoms with Crippen molar-refractivity contribution in [2.45, 2.75) is 38.4 Å². The van der Waals surface area contributed by atoms with E-state index in [0.29, 0.717) is 31.8 Å². The van der Waals surface area contributed by atoms with Crippen molar-refractivity contribution < 1.29 is 24.3 Å². The summed E-state index contributed by atoms with van der Waals surface area (Å²) in [5.41, 5.74) is 6.07. The molecule has 0 spiro atoms. The van der Waals surface area contributed by atoms with Crippen LogP contribution in [-0.2, 0) is 20.7 Å². The Bertz CT molecular complexity index is 1420. The van der Waals surface area contributed by atoms with Crippen LogP contribution in [0.2, 0.25) is 0 Å². The minimum absolute atomic E-state index is 0.0647. The maximum atomic E-state index is 13.2. The van der Waals surface area contributed by atoms with Crippen LogP contribution in [0.5, 0.6) is 0 Å². The lowest BCUT2D eigenvalue weighted by molar-refractivity contribution is -0.385. The number of nitrogens with zero attached hydrogens (tertiary/aromatic N) is 2. The van der Waals surface area contributed by atoms with Gasteiger partial charge in [0.05, 0.1) is 4.92 Å². The number of benzene rings is 2. The van der Waals surface area contributed by atoms with Gasteiger partial charge in [0.1, 0.15) is 12.0 Å². The molecule has 2 aliphatic rings. The lowest BCUT2D eigenvalue weighted by Crippen LogP contribution is -2.39. The third-order valence-electron chi connectivity index (χ3n) is 7.51. The molecule has 3 atom stereocenters. The summed E-state index contributed by atoms with van der Waals surface area (Å²) < 4.78 is 12.1. The van der Waals surface area contributed by atoms with Gasteiger partial charge in [-0.15, -0.1) is 0 Å². The highest BCUT2D eigenvalue weighted by Crippen LogP contribution is 2.43. The van der Waals surface area contributed by atoms with E-state index in [-0.39, 0.29) is 42.3 Å². The van der Waals surface area contributed by atoms with E-state index in [1.54, 1.807) is 0 Å². The van der Waals surface area contributed by atoms with Gasteiger partial charge in [-0.3, -0.25) is 14.9 Å². The second-order valence-electron chi connectivity index (χ2n) is 10.1. The number of pyridine rings is 1. The van der Waals surface area contributed by atoms with Gasteiger partial charge >= 0.3 is 0 Å². The number of hydrogen-bond acceptors (Lipinski definition) is 8. The predicted octanol–water partition coefficient (Wildman–Crippen LogP) is 4.54. The number of aliphatic hydroxyl groups is 1. The molecule has 214 valence electrons. The number of rotatable bonds is 12. The highest BCUT2D eigenvalue weighted by atomic mass is 16.7. The van der Waals surface area contributed by atoms with Gasteiger partial charge in [0, 0.05) is 44.2 Å². The number of carbonyl (C=O) groups is 1. The molecule has 5 rings (SSSR count). The van der Waals surface area contributed by atoms with E-state index in [0.717, 1.165) is 12.0 Å². The molecule has 0 fully saturated rings. The molecule has 0 saturated heterocycles. The molecule has 2 aromatic carbocycles. The lowest BCUT2D eigenvalue weighted by atomic mass is 9.80. The second kappa shape index (κ2) is 12.9. The zero-order valence-corrected chi connectivity index (χ0v) is 22.9. The Labute approximate surface area is 238 Å². The Morgan fingerprint density at radius 1 is 1.15 bits per heavy atom. The van der Waals surface area contributed by atoms with E-state index in [1.807, 2.05) is 13.0 Å². The molecular formula is C31H34N4O6. The van der Waals surface area contributed by atoms with Crippen LogP contribution in [0.15, 0.2) is 72.6 Å². The fourth-order valence-electron chi connectivity index (χ4n) is 5.57. The quantitative estimate of drug-likeness (QED) is 0.131. The van der Waals surface area contributed by atoms with E-state index in [2.05, 4.69) is 58.1 Å². The van der Waals surface area contributed by atoms with Crippen molar-refractivity contribution in [2.75, 3.05) is 31.6 Å². The van der Waals surface area contributed by atoms with Crippen LogP contribution in [0, 0.1) is 16.0 Å². The van der Waals surface area contributed by atoms with Crippen molar-refractivity contribution in [3.8, 4) is 11.1 Å². The normalized spacial score (nSPS) is 19.0. The first-order chi connectivity index (χ1) is 20.0. The van der Waals surface area contributed by atoms with Crippen LogP contribution in [0.4, 0.5) is 11.5 Å². The van der Waals surface area contributed by atoms with Gasteiger partial charge in [-0.25, -0.2) is 4.98 Å². The Morgan fingerprint density at radius 3 is 2.73 bits per heavy atom. The number of aliphatic hydroxyl groups excluding tert-OH is 1. The van der Waals surface area contributed by atoms with Gasteiger partial charge in [0.25, 0.3) is 11.6 Å². The average Bonchev–Trinajstić information content (AvgIpc) is 3.36. The first-order valence-electron chi connectivity index (χ1n) is 13.9. The van der Waals surface area contributed by atoms with Crippen molar-refractivity contribution >= 4 is 17.4 Å². The van der Waals surface area contributed by atoms with Crippen molar-refractivity contribution in [1.29, 1.82) is 0 Å². The number of fused-ring (bicyclic) bond motifs is 3. The Morgan fingerprint density at radius 2 is 1.98 bits per heavy atom. The summed E-state index contributed by atoms with van der Waals surface area (Å²) in [6, 6.07) is 17.8. The fraction of sp³-hybridized carbons (Fsp3) is 0.355. The van der Waals surface area contributed by atoms with Crippen molar-refractivity contribution in [3.05, 3.63) is 99.4 Å². The number of nitrogens with one attached hydrogen (secondary N) is 2. The summed E-state index contributed by atoms with van der Waals surface area (Å²) in [5, 5.41) is 26.3. The van der Waals surface area contributed by atoms with Crippen LogP contribution in [0.25, 0.3) is 11.1 Å². The standard InChI is InChI=1S/C31H34N4O6/c1-2-40-31-26(8-5-15-36)27(21-9-11-25-22(17-21)16-20-6-3-4-7-24(20)25)18-28(41-31)30(37)33-14-13-32-29-12-10-23(19-34-29)35(38)39/h3-4,6-7,9-12,17-19,26-27,31,36H,2,5,8,13-16H2,1H3,(H,32,34)(H,33,37)/t26?,27-,31?/m1/s1. The van der Waals surface area contributed by atoms with Gasteiger partial charge in [0.2, 0.25) is 6.29 Å². The van der Waals surface area contributed by atoms with E-state index in [1.165, 1.54) is 40.6 Å². The number of carbonyl (C=O) groups excluding carboxylic acids is 1.